The molecule has 0 amide bonds. The van der Waals surface area contributed by atoms with Crippen LogP contribution in [0, 0.1) is 0 Å². The minimum Gasteiger partial charge on any atom is -0.493 e. The van der Waals surface area contributed by atoms with Gasteiger partial charge in [0.15, 0.2) is 23.0 Å². The summed E-state index contributed by atoms with van der Waals surface area (Å²) >= 11 is 1.65. The van der Waals surface area contributed by atoms with Crippen LogP contribution in [-0.4, -0.2) is 41.3 Å². The Morgan fingerprint density at radius 1 is 0.806 bits per heavy atom. The normalized spacial score (nSPS) is 18.0. The van der Waals surface area contributed by atoms with E-state index in [9.17, 15) is 0 Å². The summed E-state index contributed by atoms with van der Waals surface area (Å²) < 4.78 is 34.5. The second-order valence-electron chi connectivity index (χ2n) is 7.25. The van der Waals surface area contributed by atoms with Gasteiger partial charge in [-0.3, -0.25) is 0 Å². The van der Waals surface area contributed by atoms with Crippen molar-refractivity contribution in [2.75, 3.05) is 41.3 Å². The molecule has 0 aromatic heterocycles. The lowest BCUT2D eigenvalue weighted by Crippen LogP contribution is -2.04. The van der Waals surface area contributed by atoms with Crippen molar-refractivity contribution in [2.45, 2.75) is 43.3 Å². The average molecular weight is 449 g/mol. The zero-order chi connectivity index (χ0) is 22.4. The number of methoxy groups -OCH3 is 4. The van der Waals surface area contributed by atoms with E-state index >= 15 is 0 Å². The minimum atomic E-state index is -0.0570. The number of hydrogen-bond donors (Lipinski definition) is 0. The van der Waals surface area contributed by atoms with Crippen molar-refractivity contribution < 1.29 is 28.4 Å². The van der Waals surface area contributed by atoms with Crippen LogP contribution in [0.2, 0.25) is 0 Å². The molecule has 2 atom stereocenters. The quantitative estimate of drug-likeness (QED) is 0.424. The van der Waals surface area contributed by atoms with Crippen LogP contribution < -0.4 is 23.7 Å². The van der Waals surface area contributed by atoms with Gasteiger partial charge in [0.05, 0.1) is 52.1 Å². The smallest absolute Gasteiger partial charge is 0.203 e. The van der Waals surface area contributed by atoms with E-state index in [1.54, 1.807) is 40.2 Å². The predicted octanol–water partition coefficient (Wildman–Crippen LogP) is 5.82. The Labute approximate surface area is 189 Å². The fraction of sp³-hybridized carbons (Fsp3) is 0.500. The lowest BCUT2D eigenvalue weighted by molar-refractivity contribution is 0.0435. The van der Waals surface area contributed by atoms with Crippen LogP contribution in [0.4, 0.5) is 0 Å². The summed E-state index contributed by atoms with van der Waals surface area (Å²) in [6, 6.07) is 8.11. The summed E-state index contributed by atoms with van der Waals surface area (Å²) in [5.74, 6) is 3.40. The molecule has 1 heterocycles. The summed E-state index contributed by atoms with van der Waals surface area (Å²) in [6.07, 6.45) is 4.72. The van der Waals surface area contributed by atoms with Gasteiger partial charge in [-0.1, -0.05) is 6.92 Å². The fourth-order valence-corrected chi connectivity index (χ4v) is 4.45. The summed E-state index contributed by atoms with van der Waals surface area (Å²) in [5.41, 5.74) is 2.11. The molecular weight excluding hydrogens is 416 g/mol. The molecule has 0 aliphatic carbocycles. The number of rotatable bonds is 10. The van der Waals surface area contributed by atoms with E-state index < -0.39 is 0 Å². The first kappa shape index (κ1) is 23.4. The van der Waals surface area contributed by atoms with E-state index in [4.69, 9.17) is 28.4 Å². The van der Waals surface area contributed by atoms with Crippen molar-refractivity contribution in [1.29, 1.82) is 0 Å². The van der Waals surface area contributed by atoms with Crippen molar-refractivity contribution in [3.05, 3.63) is 35.4 Å². The SMILES string of the molecule is CCCOc1c(OC)cc(C2CCC(c3cc(OC)c(OC)c(OC)c3)O2)cc1SC. The molecule has 0 spiro atoms. The Hall–Kier alpha value is -2.25. The maximum atomic E-state index is 6.47. The number of hydrogen-bond acceptors (Lipinski definition) is 7. The van der Waals surface area contributed by atoms with Gasteiger partial charge in [-0.2, -0.15) is 0 Å². The summed E-state index contributed by atoms with van der Waals surface area (Å²) in [7, 11) is 6.53. The van der Waals surface area contributed by atoms with Crippen molar-refractivity contribution in [3.63, 3.8) is 0 Å². The maximum absolute atomic E-state index is 6.47. The van der Waals surface area contributed by atoms with Gasteiger partial charge in [0.25, 0.3) is 0 Å². The van der Waals surface area contributed by atoms with Crippen molar-refractivity contribution >= 4 is 11.8 Å². The molecule has 0 N–H and O–H groups in total. The molecular formula is C24H32O6S. The molecule has 7 heteroatoms. The van der Waals surface area contributed by atoms with Gasteiger partial charge in [-0.25, -0.2) is 0 Å². The Morgan fingerprint density at radius 2 is 1.32 bits per heavy atom. The molecule has 2 aromatic carbocycles. The third-order valence-corrected chi connectivity index (χ3v) is 6.13. The Bertz CT molecular complexity index is 834. The van der Waals surface area contributed by atoms with E-state index in [-0.39, 0.29) is 12.2 Å². The van der Waals surface area contributed by atoms with Crippen molar-refractivity contribution in [3.8, 4) is 28.7 Å². The number of ether oxygens (including phenoxy) is 6. The van der Waals surface area contributed by atoms with E-state index in [0.717, 1.165) is 46.8 Å². The Balaban J connectivity index is 1.87. The molecule has 2 unspecified atom stereocenters. The molecule has 2 aromatic rings. The highest BCUT2D eigenvalue weighted by Crippen LogP contribution is 2.48. The fourth-order valence-electron chi connectivity index (χ4n) is 3.85. The molecule has 3 rings (SSSR count). The van der Waals surface area contributed by atoms with Gasteiger partial charge >= 0.3 is 0 Å². The zero-order valence-corrected chi connectivity index (χ0v) is 20.0. The summed E-state index contributed by atoms with van der Waals surface area (Å²) in [5, 5.41) is 0. The highest BCUT2D eigenvalue weighted by molar-refractivity contribution is 7.98. The second kappa shape index (κ2) is 10.9. The first-order chi connectivity index (χ1) is 15.1. The molecule has 1 saturated heterocycles. The molecule has 1 fully saturated rings. The van der Waals surface area contributed by atoms with Gasteiger partial charge in [0.1, 0.15) is 0 Å². The molecule has 0 saturated carbocycles. The molecule has 0 bridgehead atoms. The van der Waals surface area contributed by atoms with E-state index in [1.165, 1.54) is 0 Å². The largest absolute Gasteiger partial charge is 0.493 e. The third-order valence-electron chi connectivity index (χ3n) is 5.38. The summed E-state index contributed by atoms with van der Waals surface area (Å²) in [4.78, 5) is 1.06. The average Bonchev–Trinajstić information content (AvgIpc) is 3.31. The predicted molar refractivity (Wildman–Crippen MR) is 122 cm³/mol. The van der Waals surface area contributed by atoms with Crippen LogP contribution in [0.1, 0.15) is 49.5 Å². The third kappa shape index (κ3) is 4.99. The van der Waals surface area contributed by atoms with Gasteiger partial charge in [-0.05, 0) is 60.9 Å². The van der Waals surface area contributed by atoms with Crippen LogP contribution >= 0.6 is 11.8 Å². The van der Waals surface area contributed by atoms with Crippen molar-refractivity contribution in [1.82, 2.24) is 0 Å². The topological polar surface area (TPSA) is 55.4 Å². The van der Waals surface area contributed by atoms with Crippen LogP contribution in [0.25, 0.3) is 0 Å². The first-order valence-corrected chi connectivity index (χ1v) is 11.7. The van der Waals surface area contributed by atoms with Crippen LogP contribution in [0.3, 0.4) is 0 Å². The van der Waals surface area contributed by atoms with Gasteiger partial charge in [0.2, 0.25) is 5.75 Å². The standard InChI is InChI=1S/C24H32O6S/c1-7-10-29-24-21(27-4)13-16(14-22(24)31-6)18-9-8-17(30-18)15-11-19(25-2)23(28-5)20(12-15)26-3/h11-14,17-18H,7-10H2,1-6H3. The van der Waals surface area contributed by atoms with Gasteiger partial charge in [0, 0.05) is 0 Å². The molecule has 31 heavy (non-hydrogen) atoms. The molecule has 1 aliphatic heterocycles. The van der Waals surface area contributed by atoms with E-state index in [1.807, 2.05) is 24.5 Å². The lowest BCUT2D eigenvalue weighted by Gasteiger charge is -2.20. The molecule has 1 aliphatic rings. The minimum absolute atomic E-state index is 0.0240. The summed E-state index contributed by atoms with van der Waals surface area (Å²) in [6.45, 7) is 2.75. The number of thioether (sulfide) groups is 1. The Morgan fingerprint density at radius 3 is 1.77 bits per heavy atom. The number of benzene rings is 2. The highest BCUT2D eigenvalue weighted by Gasteiger charge is 2.30. The Kier molecular flexibility index (Phi) is 8.21. The lowest BCUT2D eigenvalue weighted by atomic mass is 10.0. The second-order valence-corrected chi connectivity index (χ2v) is 8.10. The van der Waals surface area contributed by atoms with Crippen molar-refractivity contribution in [2.24, 2.45) is 0 Å². The monoisotopic (exact) mass is 448 g/mol. The highest BCUT2D eigenvalue weighted by atomic mass is 32.2. The van der Waals surface area contributed by atoms with E-state index in [0.29, 0.717) is 23.9 Å². The van der Waals surface area contributed by atoms with Gasteiger partial charge in [-0.15, -0.1) is 11.8 Å². The van der Waals surface area contributed by atoms with E-state index in [2.05, 4.69) is 13.0 Å². The van der Waals surface area contributed by atoms with Crippen LogP contribution in [0.15, 0.2) is 29.2 Å². The van der Waals surface area contributed by atoms with Crippen LogP contribution in [0.5, 0.6) is 28.7 Å². The van der Waals surface area contributed by atoms with Gasteiger partial charge < -0.3 is 28.4 Å². The molecule has 170 valence electrons. The maximum Gasteiger partial charge on any atom is 0.203 e. The first-order valence-electron chi connectivity index (χ1n) is 10.4. The van der Waals surface area contributed by atoms with Crippen LogP contribution in [-0.2, 0) is 4.74 Å². The molecule has 0 radical (unpaired) electrons. The molecule has 6 nitrogen and oxygen atoms in total. The zero-order valence-electron chi connectivity index (χ0n) is 19.2.